The van der Waals surface area contributed by atoms with Gasteiger partial charge in [0.15, 0.2) is 5.67 Å². The van der Waals surface area contributed by atoms with Crippen LogP contribution in [-0.2, 0) is 93.6 Å². The number of carbonyl (C=O) groups is 4. The van der Waals surface area contributed by atoms with Crippen LogP contribution < -0.4 is 0 Å². The van der Waals surface area contributed by atoms with Crippen molar-refractivity contribution in [1.82, 2.24) is 9.80 Å². The average molecular weight is 1290 g/mol. The first-order valence-electron chi connectivity index (χ1n) is 25.8. The molecule has 0 aromatic rings. The average Bonchev–Trinajstić information content (AvgIpc) is 3.49. The Kier molecular flexibility index (Phi) is 39.0. The first-order valence-corrected chi connectivity index (χ1v) is 40.1. The number of urea groups is 3. The molecule has 27 nitrogen and oxygen atoms in total. The lowest BCUT2D eigenvalue weighted by molar-refractivity contribution is -0.839. The number of hydrogen-bond donors (Lipinski definition) is 0. The van der Waals surface area contributed by atoms with Crippen LogP contribution in [0.25, 0.3) is 0 Å². The van der Waals surface area contributed by atoms with Gasteiger partial charge in [0.1, 0.15) is 6.54 Å². The van der Waals surface area contributed by atoms with Gasteiger partial charge in [0.05, 0.1) is 25.0 Å². The number of hydrogen-bond acceptors (Lipinski definition) is 24. The molecule has 0 N–H and O–H groups in total. The number of carbonyl (C=O) groups excluding carboxylic acids is 4. The fourth-order valence-electron chi connectivity index (χ4n) is 8.79. The predicted octanol–water partition coefficient (Wildman–Crippen LogP) is 6.06. The Morgan fingerprint density at radius 3 is 1.16 bits per heavy atom. The van der Waals surface area contributed by atoms with Crippen molar-refractivity contribution in [2.24, 2.45) is 0 Å². The summed E-state index contributed by atoms with van der Waals surface area (Å²) < 4.78 is 107. The molecule has 1 atom stereocenters. The molecule has 2 rings (SSSR count). The summed E-state index contributed by atoms with van der Waals surface area (Å²) in [4.78, 5) is 54.8. The van der Waals surface area contributed by atoms with Gasteiger partial charge < -0.3 is 88.8 Å². The van der Waals surface area contributed by atoms with Crippen LogP contribution in [0.3, 0.4) is 0 Å². The second-order valence-corrected chi connectivity index (χ2v) is 40.7. The highest BCUT2D eigenvalue weighted by Crippen LogP contribution is 2.42. The van der Waals surface area contributed by atoms with Crippen LogP contribution in [0, 0.1) is 0 Å². The van der Waals surface area contributed by atoms with Crippen molar-refractivity contribution in [2.45, 2.75) is 94.5 Å². The van der Waals surface area contributed by atoms with Gasteiger partial charge in [-0.05, 0) is 51.9 Å². The minimum atomic E-state index is -3.46. The Balaban J connectivity index is 0. The molecule has 476 valence electrons. The standard InChI is InChI=1S/C21H44N3O12Si3.C11H26O4Si2.C10H20O5Si.C5H12O3Si/c1-28-37(29-2,30-3)16-10-13-22-19(25)23(14-11-17-38(31-4,32-5)33-6)21(27)24(20(22)26)15-12-18(24)39(34-7,35-8)36-9;1-9-16(7,8)15-11(2,3)10-17(12-4,13-5)14-6;1-5-7-10(11)15-8-6-9-16(12-2,13-3)14-4;1-5-9(6-2,7-3)8-4/h18H,10-17H2,1-9H3;9H,1,10H2,2-8H3;5H,1,6-9H2,2-4H3;5H,1H2,2-4H3/q+1;;;. The van der Waals surface area contributed by atoms with Crippen LogP contribution >= 0.6 is 0 Å². The van der Waals surface area contributed by atoms with Crippen LogP contribution in [0.1, 0.15) is 46.0 Å². The number of amides is 6. The maximum atomic E-state index is 14.0. The number of nitrogens with zero attached hydrogens (tertiary/aromatic N) is 3. The maximum Gasteiger partial charge on any atom is 0.563 e. The Hall–Kier alpha value is -1.98. The third kappa shape index (κ3) is 22.7. The van der Waals surface area contributed by atoms with Crippen molar-refractivity contribution < 1.29 is 112 Å². The molecule has 0 aromatic heterocycles. The van der Waals surface area contributed by atoms with E-state index >= 15 is 0 Å². The summed E-state index contributed by atoms with van der Waals surface area (Å²) in [5.74, 6) is -0.269. The van der Waals surface area contributed by atoms with Gasteiger partial charge in [-0.25, -0.2) is 24.2 Å². The third-order valence-corrected chi connectivity index (χ3v) is 32.8. The summed E-state index contributed by atoms with van der Waals surface area (Å²) in [6, 6.07) is 0.0102. The van der Waals surface area contributed by atoms with Crippen molar-refractivity contribution in [3.8, 4) is 0 Å². The minimum absolute atomic E-state index is 0.0351. The highest BCUT2D eigenvalue weighted by Gasteiger charge is 2.75. The molecule has 6 amide bonds. The zero-order chi connectivity index (χ0) is 63.0. The number of rotatable bonds is 39. The molecule has 0 aliphatic carbocycles. The van der Waals surface area contributed by atoms with Gasteiger partial charge in [0, 0.05) is 165 Å². The van der Waals surface area contributed by atoms with Gasteiger partial charge >= 0.3 is 76.9 Å². The Labute approximate surface area is 491 Å². The van der Waals surface area contributed by atoms with Gasteiger partial charge in [-0.1, -0.05) is 18.4 Å². The number of imide groups is 3. The quantitative estimate of drug-likeness (QED) is 0.0223. The van der Waals surface area contributed by atoms with E-state index in [-0.39, 0.29) is 37.6 Å². The summed E-state index contributed by atoms with van der Waals surface area (Å²) in [5, 5.41) is 0. The van der Waals surface area contributed by atoms with Gasteiger partial charge in [0.2, 0.25) is 8.32 Å². The summed E-state index contributed by atoms with van der Waals surface area (Å²) in [5.41, 5.74) is 2.45. The molecule has 2 aliphatic rings. The highest BCUT2D eigenvalue weighted by atomic mass is 28.4. The van der Waals surface area contributed by atoms with Crippen molar-refractivity contribution in [1.29, 1.82) is 0 Å². The predicted molar refractivity (Wildman–Crippen MR) is 316 cm³/mol. The van der Waals surface area contributed by atoms with E-state index in [9.17, 15) is 19.2 Å². The first-order chi connectivity index (χ1) is 38.1. The first kappa shape index (κ1) is 81.1. The lowest BCUT2D eigenvalue weighted by atomic mass is 10.1. The Bertz CT molecular complexity index is 1760. The van der Waals surface area contributed by atoms with Crippen molar-refractivity contribution in [2.75, 3.05) is 154 Å². The van der Waals surface area contributed by atoms with Crippen molar-refractivity contribution >= 4 is 85.2 Å². The lowest BCUT2D eigenvalue weighted by Crippen LogP contribution is -2.86. The second-order valence-electron chi connectivity index (χ2n) is 18.7. The lowest BCUT2D eigenvalue weighted by Gasteiger charge is -2.54. The molecule has 1 spiro atoms. The molecule has 1 unspecified atom stereocenters. The smallest absolute Gasteiger partial charge is 0.465 e. The molecule has 0 aromatic carbocycles. The van der Waals surface area contributed by atoms with E-state index in [2.05, 4.69) is 32.8 Å². The molecule has 2 heterocycles. The second kappa shape index (κ2) is 38.9. The number of esters is 1. The molecular weight excluding hydrogens is 1190 g/mol. The highest BCUT2D eigenvalue weighted by molar-refractivity contribution is 6.76. The van der Waals surface area contributed by atoms with Gasteiger partial charge in [0.25, 0.3) is 0 Å². The molecule has 2 fully saturated rings. The van der Waals surface area contributed by atoms with E-state index in [1.165, 1.54) is 70.1 Å². The normalized spacial score (nSPS) is 16.1. The maximum absolute atomic E-state index is 14.0. The molecule has 0 bridgehead atoms. The van der Waals surface area contributed by atoms with Crippen LogP contribution in [0.5, 0.6) is 0 Å². The summed E-state index contributed by atoms with van der Waals surface area (Å²) >= 11 is 0. The van der Waals surface area contributed by atoms with Crippen molar-refractivity contribution in [3.63, 3.8) is 0 Å². The molecule has 0 radical (unpaired) electrons. The monoisotopic (exact) mass is 1290 g/mol. The van der Waals surface area contributed by atoms with Gasteiger partial charge in [-0.3, -0.25) is 4.79 Å². The van der Waals surface area contributed by atoms with E-state index in [0.717, 1.165) is 9.80 Å². The molecule has 2 aliphatic heterocycles. The summed E-state index contributed by atoms with van der Waals surface area (Å²) in [6.07, 6.45) is 3.56. The van der Waals surface area contributed by atoms with Crippen LogP contribution in [0.15, 0.2) is 37.2 Å². The zero-order valence-electron chi connectivity index (χ0n) is 52.8. The fraction of sp³-hybridized carbons (Fsp3) is 0.787. The van der Waals surface area contributed by atoms with E-state index in [1.54, 1.807) is 69.7 Å². The SMILES string of the molecule is C=CCC(=O)OCCC[Si](OC)(OC)OC.C=C[Si](C)(C)OC(C)(C)C[Si](OC)(OC)OC.C=C[Si](OC)(OC)OC.CO[Si](CCCN1C(=O)N(CCC[Si](OC)(OC)OC)C(=O)[N+]2(CCC2[Si](OC)(OC)OC)C1=O)(OC)OC. The molecular formula is C47H102N3O24Si7+. The van der Waals surface area contributed by atoms with Crippen LogP contribution in [-0.4, -0.2) is 265 Å². The molecule has 0 saturated carbocycles. The van der Waals surface area contributed by atoms with E-state index in [4.69, 9.17) is 88.8 Å². The Morgan fingerprint density at radius 1 is 0.543 bits per heavy atom. The van der Waals surface area contributed by atoms with Gasteiger partial charge in [-0.2, -0.15) is 4.48 Å². The van der Waals surface area contributed by atoms with Crippen LogP contribution in [0.2, 0.25) is 37.3 Å². The molecule has 34 heteroatoms. The largest absolute Gasteiger partial charge is 0.563 e. The van der Waals surface area contributed by atoms with E-state index in [1.807, 2.05) is 19.5 Å². The molecule has 2 saturated heterocycles. The third-order valence-electron chi connectivity index (χ3n) is 13.6. The summed E-state index contributed by atoms with van der Waals surface area (Å²) in [6.45, 7) is 19.7. The minimum Gasteiger partial charge on any atom is -0.465 e. The molecule has 81 heavy (non-hydrogen) atoms. The van der Waals surface area contributed by atoms with Crippen molar-refractivity contribution in [3.05, 3.63) is 37.2 Å². The van der Waals surface area contributed by atoms with E-state index < -0.39 is 89.4 Å². The van der Waals surface area contributed by atoms with Gasteiger partial charge in [-0.15, -0.1) is 13.2 Å². The summed E-state index contributed by atoms with van der Waals surface area (Å²) in [7, 11) is 8.69. The number of ether oxygens (including phenoxy) is 1. The zero-order valence-corrected chi connectivity index (χ0v) is 59.8. The fourth-order valence-corrected chi connectivity index (χ4v) is 21.3. The van der Waals surface area contributed by atoms with E-state index in [0.29, 0.717) is 56.5 Å². The van der Waals surface area contributed by atoms with Crippen LogP contribution in [0.4, 0.5) is 14.4 Å². The Morgan fingerprint density at radius 2 is 0.901 bits per heavy atom. The number of quaternary nitrogens is 1. The topological polar surface area (TPSA) is 259 Å².